The number of hydrogen-bond acceptors (Lipinski definition) is 6. The van der Waals surface area contributed by atoms with E-state index in [-0.39, 0.29) is 17.9 Å². The van der Waals surface area contributed by atoms with E-state index in [2.05, 4.69) is 9.26 Å². The van der Waals surface area contributed by atoms with Crippen molar-refractivity contribution in [2.45, 2.75) is 57.8 Å². The first-order valence-electron chi connectivity index (χ1n) is 6.95. The number of hydrogen-bond donors (Lipinski definition) is 1. The zero-order valence-electron chi connectivity index (χ0n) is 14.3. The molecule has 0 bridgehead atoms. The minimum absolute atomic E-state index is 0.109. The Bertz CT molecular complexity index is 450. The lowest BCUT2D eigenvalue weighted by molar-refractivity contribution is -0.143. The van der Waals surface area contributed by atoms with E-state index in [1.807, 2.05) is 33.9 Å². The lowest BCUT2D eigenvalue weighted by atomic mass is 10.2. The topological polar surface area (TPSA) is 99.1 Å². The van der Waals surface area contributed by atoms with Crippen molar-refractivity contribution in [1.82, 2.24) is 0 Å². The van der Waals surface area contributed by atoms with Crippen LogP contribution >= 0.6 is 7.60 Å². The Kier molecular flexibility index (Phi) is 7.48. The van der Waals surface area contributed by atoms with Gasteiger partial charge in [0.25, 0.3) is 0 Å². The van der Waals surface area contributed by atoms with Crippen molar-refractivity contribution in [3.63, 3.8) is 0 Å². The van der Waals surface area contributed by atoms with Crippen molar-refractivity contribution in [1.29, 1.82) is 0 Å². The summed E-state index contributed by atoms with van der Waals surface area (Å²) in [6.07, 6.45) is -1.13. The van der Waals surface area contributed by atoms with Crippen molar-refractivity contribution in [2.24, 2.45) is 0 Å². The average molecular weight is 354 g/mol. The van der Waals surface area contributed by atoms with Crippen LogP contribution in [0.4, 0.5) is 0 Å². The van der Waals surface area contributed by atoms with Crippen molar-refractivity contribution in [3.8, 4) is 0 Å². The fraction of sp³-hybridized carbons (Fsp3) is 0.846. The molecule has 0 aliphatic heterocycles. The first-order valence-corrected chi connectivity index (χ1v) is 11.9. The molecule has 22 heavy (non-hydrogen) atoms. The Morgan fingerprint density at radius 1 is 1.18 bits per heavy atom. The summed E-state index contributed by atoms with van der Waals surface area (Å²) in [4.78, 5) is 32.3. The van der Waals surface area contributed by atoms with Crippen LogP contribution < -0.4 is 0 Å². The third-order valence-corrected chi connectivity index (χ3v) is 8.63. The third-order valence-electron chi connectivity index (χ3n) is 3.56. The largest absolute Gasteiger partial charge is 0.469 e. The summed E-state index contributed by atoms with van der Waals surface area (Å²) < 4.78 is 26.2. The highest BCUT2D eigenvalue weighted by Crippen LogP contribution is 2.39. The molecule has 0 amide bonds. The van der Waals surface area contributed by atoms with Gasteiger partial charge in [0, 0.05) is 6.66 Å². The third kappa shape index (κ3) is 8.08. The predicted molar refractivity (Wildman–Crippen MR) is 85.2 cm³/mol. The molecular formula is C13H27O7PSi. The number of methoxy groups -OCH3 is 1. The second-order valence-corrected chi connectivity index (χ2v) is 13.3. The van der Waals surface area contributed by atoms with Gasteiger partial charge in [-0.3, -0.25) is 9.59 Å². The molecule has 7 nitrogen and oxygen atoms in total. The van der Waals surface area contributed by atoms with Crippen LogP contribution in [0.15, 0.2) is 0 Å². The minimum Gasteiger partial charge on any atom is -0.469 e. The molecule has 2 atom stereocenters. The molecule has 0 radical (unpaired) electrons. The highest BCUT2D eigenvalue weighted by Gasteiger charge is 2.40. The number of ether oxygens (including phenoxy) is 1. The number of carbonyl (C=O) groups excluding carboxylic acids is 2. The maximum atomic E-state index is 11.7. The van der Waals surface area contributed by atoms with Gasteiger partial charge in [-0.1, -0.05) is 20.8 Å². The molecule has 0 aromatic carbocycles. The monoisotopic (exact) mass is 354 g/mol. The van der Waals surface area contributed by atoms with Gasteiger partial charge in [-0.25, -0.2) is 4.57 Å². The quantitative estimate of drug-likeness (QED) is 0.426. The van der Waals surface area contributed by atoms with Gasteiger partial charge in [0.05, 0.1) is 26.1 Å². The fourth-order valence-electron chi connectivity index (χ4n) is 1.43. The number of carbonyl (C=O) groups is 2. The van der Waals surface area contributed by atoms with E-state index in [0.29, 0.717) is 0 Å². The minimum atomic E-state index is -3.91. The molecule has 2 unspecified atom stereocenters. The molecule has 0 fully saturated rings. The van der Waals surface area contributed by atoms with E-state index in [1.54, 1.807) is 0 Å². The smallest absolute Gasteiger partial charge is 0.375 e. The molecule has 0 aromatic heterocycles. The molecule has 0 aliphatic rings. The lowest BCUT2D eigenvalue weighted by Gasteiger charge is -2.38. The second kappa shape index (κ2) is 7.72. The molecule has 0 heterocycles. The molecule has 0 saturated heterocycles. The molecule has 9 heteroatoms. The standard InChI is InChI=1S/C13H27O7PSi/c1-13(2,3)22(6,7)20-10(8-11(14)18-4)9-12(15)19-21(5,16)17/h10H,8-9H2,1-7H3,(H,16,17). The van der Waals surface area contributed by atoms with Gasteiger partial charge < -0.3 is 18.6 Å². The maximum Gasteiger partial charge on any atom is 0.375 e. The molecule has 0 rings (SSSR count). The highest BCUT2D eigenvalue weighted by atomic mass is 31.2. The van der Waals surface area contributed by atoms with E-state index in [4.69, 9.17) is 9.32 Å². The zero-order valence-corrected chi connectivity index (χ0v) is 16.2. The molecule has 130 valence electrons. The fourth-order valence-corrected chi connectivity index (χ4v) is 3.24. The van der Waals surface area contributed by atoms with E-state index in [0.717, 1.165) is 6.66 Å². The van der Waals surface area contributed by atoms with E-state index in [1.165, 1.54) is 7.11 Å². The SMILES string of the molecule is COC(=O)CC(CC(=O)OP(C)(=O)O)O[Si](C)(C)C(C)(C)C. The van der Waals surface area contributed by atoms with Gasteiger partial charge in [-0.15, -0.1) is 0 Å². The Hall–Kier alpha value is -0.693. The summed E-state index contributed by atoms with van der Waals surface area (Å²) in [5.41, 5.74) is 0. The normalized spacial score (nSPS) is 16.5. The summed E-state index contributed by atoms with van der Waals surface area (Å²) in [5, 5.41) is -0.109. The second-order valence-electron chi connectivity index (χ2n) is 6.75. The lowest BCUT2D eigenvalue weighted by Crippen LogP contribution is -2.45. The van der Waals surface area contributed by atoms with Crippen LogP contribution in [0.3, 0.4) is 0 Å². The Morgan fingerprint density at radius 2 is 1.64 bits per heavy atom. The Labute approximate surface area is 133 Å². The van der Waals surface area contributed by atoms with Crippen molar-refractivity contribution >= 4 is 27.9 Å². The summed E-state index contributed by atoms with van der Waals surface area (Å²) in [6.45, 7) is 11.0. The van der Waals surface area contributed by atoms with E-state index < -0.39 is 34.0 Å². The molecule has 0 aromatic rings. The Morgan fingerprint density at radius 3 is 2.00 bits per heavy atom. The number of rotatable bonds is 7. The van der Waals surface area contributed by atoms with Crippen LogP contribution in [0.2, 0.25) is 18.1 Å². The number of esters is 1. The van der Waals surface area contributed by atoms with Crippen LogP contribution in [0.5, 0.6) is 0 Å². The predicted octanol–water partition coefficient (Wildman–Crippen LogP) is 2.69. The molecule has 0 spiro atoms. The van der Waals surface area contributed by atoms with Crippen molar-refractivity contribution in [3.05, 3.63) is 0 Å². The first-order chi connectivity index (χ1) is 9.68. The van der Waals surface area contributed by atoms with Gasteiger partial charge in [-0.2, -0.15) is 0 Å². The van der Waals surface area contributed by atoms with Crippen LogP contribution in [0.25, 0.3) is 0 Å². The van der Waals surface area contributed by atoms with Crippen LogP contribution in [0, 0.1) is 0 Å². The highest BCUT2D eigenvalue weighted by molar-refractivity contribution is 7.52. The van der Waals surface area contributed by atoms with Crippen LogP contribution in [-0.4, -0.2) is 45.0 Å². The maximum absolute atomic E-state index is 11.7. The van der Waals surface area contributed by atoms with Gasteiger partial charge in [0.1, 0.15) is 0 Å². The van der Waals surface area contributed by atoms with E-state index in [9.17, 15) is 14.2 Å². The Balaban J connectivity index is 5.03. The molecule has 1 N–H and O–H groups in total. The van der Waals surface area contributed by atoms with Gasteiger partial charge in [-0.05, 0) is 18.1 Å². The van der Waals surface area contributed by atoms with E-state index >= 15 is 0 Å². The summed E-state index contributed by atoms with van der Waals surface area (Å²) >= 11 is 0. The summed E-state index contributed by atoms with van der Waals surface area (Å²) in [5.74, 6) is -1.39. The summed E-state index contributed by atoms with van der Waals surface area (Å²) in [6, 6.07) is 0. The average Bonchev–Trinajstić information content (AvgIpc) is 2.23. The van der Waals surface area contributed by atoms with Gasteiger partial charge in [0.2, 0.25) is 0 Å². The molecular weight excluding hydrogens is 327 g/mol. The molecule has 0 aliphatic carbocycles. The van der Waals surface area contributed by atoms with Crippen molar-refractivity contribution in [2.75, 3.05) is 13.8 Å². The van der Waals surface area contributed by atoms with Crippen LogP contribution in [-0.2, 0) is 27.8 Å². The molecule has 0 saturated carbocycles. The van der Waals surface area contributed by atoms with Gasteiger partial charge in [0.15, 0.2) is 8.32 Å². The zero-order chi connectivity index (χ0) is 17.8. The summed E-state index contributed by atoms with van der Waals surface area (Å²) in [7, 11) is -4.88. The first kappa shape index (κ1) is 21.3. The van der Waals surface area contributed by atoms with Gasteiger partial charge >= 0.3 is 19.5 Å². The van der Waals surface area contributed by atoms with Crippen LogP contribution in [0.1, 0.15) is 33.6 Å². The van der Waals surface area contributed by atoms with Crippen molar-refractivity contribution < 1.29 is 32.7 Å².